The largest absolute Gasteiger partial charge is 0.445 e. The second kappa shape index (κ2) is 12.1. The summed E-state index contributed by atoms with van der Waals surface area (Å²) in [6, 6.07) is 14.9. The number of carbonyl (C=O) groups excluding carboxylic acids is 3. The van der Waals surface area contributed by atoms with Crippen LogP contribution in [0.3, 0.4) is 0 Å². The summed E-state index contributed by atoms with van der Waals surface area (Å²) in [5.41, 5.74) is 5.54. The molecule has 1 heterocycles. The van der Waals surface area contributed by atoms with Gasteiger partial charge in [0.15, 0.2) is 0 Å². The Morgan fingerprint density at radius 2 is 1.68 bits per heavy atom. The van der Waals surface area contributed by atoms with E-state index < -0.39 is 27.9 Å². The first-order valence-electron chi connectivity index (χ1n) is 11.0. The predicted molar refractivity (Wildman–Crippen MR) is 124 cm³/mol. The molecule has 2 aromatic rings. The van der Waals surface area contributed by atoms with Gasteiger partial charge in [-0.15, -0.1) is 0 Å². The standard InChI is InChI=1S/C23H28N4O6S/c28-21(12-7-13-24-23(30)33-17-18-8-2-1-3-9-18)25-26-22(29)19-10-6-11-20(16-19)34(31,32)27-14-4-5-15-27/h1-3,6,8-11,16H,4-5,7,12-15,17H2,(H,24,30)(H,25,28)(H,26,29). The van der Waals surface area contributed by atoms with Crippen LogP contribution in [0, 0.1) is 0 Å². The second-order valence-corrected chi connectivity index (χ2v) is 9.67. The van der Waals surface area contributed by atoms with E-state index in [0.29, 0.717) is 19.5 Å². The van der Waals surface area contributed by atoms with E-state index in [1.807, 2.05) is 30.3 Å². The van der Waals surface area contributed by atoms with Crippen LogP contribution >= 0.6 is 0 Å². The maximum absolute atomic E-state index is 12.7. The van der Waals surface area contributed by atoms with Crippen molar-refractivity contribution in [3.05, 3.63) is 65.7 Å². The van der Waals surface area contributed by atoms with E-state index in [0.717, 1.165) is 18.4 Å². The van der Waals surface area contributed by atoms with Gasteiger partial charge in [-0.3, -0.25) is 20.4 Å². The molecule has 2 aromatic carbocycles. The minimum Gasteiger partial charge on any atom is -0.445 e. The van der Waals surface area contributed by atoms with Crippen molar-refractivity contribution in [3.8, 4) is 0 Å². The van der Waals surface area contributed by atoms with Crippen molar-refractivity contribution < 1.29 is 27.5 Å². The molecule has 34 heavy (non-hydrogen) atoms. The van der Waals surface area contributed by atoms with Crippen molar-refractivity contribution >= 4 is 27.9 Å². The number of alkyl carbamates (subject to hydrolysis) is 1. The summed E-state index contributed by atoms with van der Waals surface area (Å²) in [5, 5.41) is 2.55. The number of benzene rings is 2. The molecule has 1 fully saturated rings. The second-order valence-electron chi connectivity index (χ2n) is 7.73. The van der Waals surface area contributed by atoms with Crippen LogP contribution in [-0.2, 0) is 26.2 Å². The number of nitrogens with one attached hydrogen (secondary N) is 3. The molecule has 3 N–H and O–H groups in total. The number of nitrogens with zero attached hydrogens (tertiary/aromatic N) is 1. The molecule has 0 aromatic heterocycles. The molecular weight excluding hydrogens is 460 g/mol. The minimum atomic E-state index is -3.65. The first-order chi connectivity index (χ1) is 16.4. The van der Waals surface area contributed by atoms with E-state index in [1.165, 1.54) is 28.6 Å². The topological polar surface area (TPSA) is 134 Å². The SMILES string of the molecule is O=C(CCCNC(=O)OCc1ccccc1)NNC(=O)c1cccc(S(=O)(=O)N2CCCC2)c1. The molecule has 0 spiro atoms. The van der Waals surface area contributed by atoms with E-state index in [-0.39, 0.29) is 30.0 Å². The third-order valence-corrected chi connectivity index (χ3v) is 7.07. The highest BCUT2D eigenvalue weighted by atomic mass is 32.2. The van der Waals surface area contributed by atoms with E-state index in [4.69, 9.17) is 4.74 Å². The molecular formula is C23H28N4O6S. The Labute approximate surface area is 198 Å². The Hall–Kier alpha value is -3.44. The van der Waals surface area contributed by atoms with Gasteiger partial charge in [0.2, 0.25) is 15.9 Å². The van der Waals surface area contributed by atoms with Crippen LogP contribution < -0.4 is 16.2 Å². The Morgan fingerprint density at radius 3 is 2.41 bits per heavy atom. The molecule has 0 saturated carbocycles. The number of hydrogen-bond donors (Lipinski definition) is 3. The fourth-order valence-corrected chi connectivity index (χ4v) is 4.91. The van der Waals surface area contributed by atoms with Gasteiger partial charge >= 0.3 is 6.09 Å². The van der Waals surface area contributed by atoms with E-state index >= 15 is 0 Å². The molecule has 0 radical (unpaired) electrons. The fraction of sp³-hybridized carbons (Fsp3) is 0.348. The summed E-state index contributed by atoms with van der Waals surface area (Å²) < 4.78 is 31.8. The first kappa shape index (κ1) is 25.2. The molecule has 0 unspecified atom stereocenters. The van der Waals surface area contributed by atoms with Crippen molar-refractivity contribution in [2.75, 3.05) is 19.6 Å². The first-order valence-corrected chi connectivity index (χ1v) is 12.4. The Morgan fingerprint density at radius 1 is 0.941 bits per heavy atom. The zero-order valence-electron chi connectivity index (χ0n) is 18.7. The molecule has 0 aliphatic carbocycles. The van der Waals surface area contributed by atoms with E-state index in [1.54, 1.807) is 0 Å². The van der Waals surface area contributed by atoms with Crippen LogP contribution in [0.2, 0.25) is 0 Å². The van der Waals surface area contributed by atoms with Crippen LogP contribution in [0.25, 0.3) is 0 Å². The highest BCUT2D eigenvalue weighted by Gasteiger charge is 2.27. The van der Waals surface area contributed by atoms with Crippen molar-refractivity contribution in [1.82, 2.24) is 20.5 Å². The average molecular weight is 489 g/mol. The van der Waals surface area contributed by atoms with Gasteiger partial charge in [0.05, 0.1) is 4.90 Å². The van der Waals surface area contributed by atoms with Gasteiger partial charge in [0.1, 0.15) is 6.61 Å². The monoisotopic (exact) mass is 488 g/mol. The molecule has 0 atom stereocenters. The highest BCUT2D eigenvalue weighted by Crippen LogP contribution is 2.21. The number of rotatable bonds is 9. The summed E-state index contributed by atoms with van der Waals surface area (Å²) in [5.74, 6) is -1.08. The van der Waals surface area contributed by atoms with Gasteiger partial charge in [0.25, 0.3) is 5.91 Å². The van der Waals surface area contributed by atoms with Crippen molar-refractivity contribution in [1.29, 1.82) is 0 Å². The Kier molecular flexibility index (Phi) is 9.00. The number of sulfonamides is 1. The van der Waals surface area contributed by atoms with Gasteiger partial charge in [-0.2, -0.15) is 4.31 Å². The summed E-state index contributed by atoms with van der Waals surface area (Å²) in [6.45, 7) is 1.31. The van der Waals surface area contributed by atoms with Crippen LogP contribution in [-0.4, -0.2) is 50.3 Å². The molecule has 10 nitrogen and oxygen atoms in total. The molecule has 1 aliphatic rings. The Balaban J connectivity index is 1.36. The zero-order chi connectivity index (χ0) is 24.4. The number of hydrogen-bond acceptors (Lipinski definition) is 6. The van der Waals surface area contributed by atoms with Gasteiger partial charge in [-0.25, -0.2) is 13.2 Å². The van der Waals surface area contributed by atoms with Crippen molar-refractivity contribution in [2.45, 2.75) is 37.2 Å². The number of carbonyl (C=O) groups is 3. The van der Waals surface area contributed by atoms with Crippen molar-refractivity contribution in [2.24, 2.45) is 0 Å². The van der Waals surface area contributed by atoms with Crippen LogP contribution in [0.4, 0.5) is 4.79 Å². The minimum absolute atomic E-state index is 0.0404. The lowest BCUT2D eigenvalue weighted by Crippen LogP contribution is -2.41. The quantitative estimate of drug-likeness (QED) is 0.365. The maximum atomic E-state index is 12.7. The van der Waals surface area contributed by atoms with E-state index in [2.05, 4.69) is 16.2 Å². The lowest BCUT2D eigenvalue weighted by atomic mass is 10.2. The summed E-state index contributed by atoms with van der Waals surface area (Å²) in [4.78, 5) is 36.0. The zero-order valence-corrected chi connectivity index (χ0v) is 19.5. The highest BCUT2D eigenvalue weighted by molar-refractivity contribution is 7.89. The third kappa shape index (κ3) is 7.29. The van der Waals surface area contributed by atoms with Gasteiger partial charge in [-0.1, -0.05) is 36.4 Å². The van der Waals surface area contributed by atoms with Crippen LogP contribution in [0.1, 0.15) is 41.6 Å². The smallest absolute Gasteiger partial charge is 0.407 e. The van der Waals surface area contributed by atoms with E-state index in [9.17, 15) is 22.8 Å². The number of amides is 3. The molecule has 1 saturated heterocycles. The van der Waals surface area contributed by atoms with Gasteiger partial charge in [0, 0.05) is 31.6 Å². The van der Waals surface area contributed by atoms with Crippen LogP contribution in [0.5, 0.6) is 0 Å². The number of ether oxygens (including phenoxy) is 1. The molecule has 3 rings (SSSR count). The van der Waals surface area contributed by atoms with Gasteiger partial charge < -0.3 is 10.1 Å². The molecule has 11 heteroatoms. The summed E-state index contributed by atoms with van der Waals surface area (Å²) in [6.07, 6.45) is 1.45. The number of hydrazine groups is 1. The lowest BCUT2D eigenvalue weighted by molar-refractivity contribution is -0.121. The average Bonchev–Trinajstić information content (AvgIpc) is 3.41. The van der Waals surface area contributed by atoms with Gasteiger partial charge in [-0.05, 0) is 43.0 Å². The van der Waals surface area contributed by atoms with Crippen LogP contribution in [0.15, 0.2) is 59.5 Å². The molecule has 1 aliphatic heterocycles. The molecule has 3 amide bonds. The molecule has 182 valence electrons. The Bertz CT molecular complexity index is 1100. The normalized spacial score (nSPS) is 13.8. The summed E-state index contributed by atoms with van der Waals surface area (Å²) in [7, 11) is -3.65. The molecule has 0 bridgehead atoms. The van der Waals surface area contributed by atoms with Crippen molar-refractivity contribution in [3.63, 3.8) is 0 Å². The lowest BCUT2D eigenvalue weighted by Gasteiger charge is -2.16. The fourth-order valence-electron chi connectivity index (χ4n) is 3.35. The maximum Gasteiger partial charge on any atom is 0.407 e. The third-order valence-electron chi connectivity index (χ3n) is 5.18. The summed E-state index contributed by atoms with van der Waals surface area (Å²) >= 11 is 0. The predicted octanol–water partition coefficient (Wildman–Crippen LogP) is 1.94.